The van der Waals surface area contributed by atoms with Crippen molar-refractivity contribution in [2.75, 3.05) is 13.2 Å². The van der Waals surface area contributed by atoms with E-state index in [0.29, 0.717) is 6.61 Å². The number of carbonyl (C=O) groups excluding carboxylic acids is 2. The van der Waals surface area contributed by atoms with Crippen LogP contribution in [0.1, 0.15) is 36.2 Å². The number of aromatic nitrogens is 2. The van der Waals surface area contributed by atoms with Gasteiger partial charge in [0.15, 0.2) is 5.67 Å². The Labute approximate surface area is 138 Å². The Morgan fingerprint density at radius 3 is 2.92 bits per heavy atom. The standard InChI is InChI=1S/C16H19FN4O3/c17-16(3-4-16)15(23)21-9-11(13-12(21)2-1-7-24-13)20-14(22)10-8-18-5-6-19-10/h5-6,8,11-13H,1-4,7,9H2,(H,20,22)/t11-,12-,13-/m0/s1. The van der Waals surface area contributed by atoms with Crippen LogP contribution in [0.2, 0.25) is 0 Å². The molecule has 2 amide bonds. The number of ether oxygens (including phenoxy) is 1. The number of nitrogens with one attached hydrogen (secondary N) is 1. The van der Waals surface area contributed by atoms with Crippen molar-refractivity contribution in [3.8, 4) is 0 Å². The molecule has 2 saturated heterocycles. The molecule has 3 aliphatic rings. The van der Waals surface area contributed by atoms with Gasteiger partial charge in [-0.2, -0.15) is 0 Å². The minimum atomic E-state index is -1.70. The molecule has 128 valence electrons. The van der Waals surface area contributed by atoms with E-state index >= 15 is 0 Å². The lowest BCUT2D eigenvalue weighted by Crippen LogP contribution is -2.48. The quantitative estimate of drug-likeness (QED) is 0.868. The van der Waals surface area contributed by atoms with Gasteiger partial charge in [0, 0.05) is 25.5 Å². The molecule has 3 fully saturated rings. The van der Waals surface area contributed by atoms with Crippen molar-refractivity contribution >= 4 is 11.8 Å². The summed E-state index contributed by atoms with van der Waals surface area (Å²) < 4.78 is 20.0. The number of carbonyl (C=O) groups is 2. The fourth-order valence-corrected chi connectivity index (χ4v) is 3.56. The first kappa shape index (κ1) is 15.4. The number of fused-ring (bicyclic) bond motifs is 1. The minimum Gasteiger partial charge on any atom is -0.374 e. The molecule has 3 heterocycles. The van der Waals surface area contributed by atoms with Crippen molar-refractivity contribution in [2.24, 2.45) is 0 Å². The first-order valence-corrected chi connectivity index (χ1v) is 8.27. The summed E-state index contributed by atoms with van der Waals surface area (Å²) >= 11 is 0. The Bertz CT molecular complexity index is 652. The van der Waals surface area contributed by atoms with Crippen LogP contribution in [-0.2, 0) is 9.53 Å². The molecule has 24 heavy (non-hydrogen) atoms. The van der Waals surface area contributed by atoms with E-state index in [1.807, 2.05) is 0 Å². The van der Waals surface area contributed by atoms with Crippen LogP contribution < -0.4 is 5.32 Å². The molecular weight excluding hydrogens is 315 g/mol. The third-order valence-corrected chi connectivity index (χ3v) is 4.97. The van der Waals surface area contributed by atoms with Gasteiger partial charge in [-0.15, -0.1) is 0 Å². The van der Waals surface area contributed by atoms with E-state index in [4.69, 9.17) is 4.74 Å². The highest BCUT2D eigenvalue weighted by Gasteiger charge is 2.57. The van der Waals surface area contributed by atoms with Crippen molar-refractivity contribution in [1.82, 2.24) is 20.2 Å². The topological polar surface area (TPSA) is 84.4 Å². The van der Waals surface area contributed by atoms with Gasteiger partial charge in [-0.05, 0) is 25.7 Å². The van der Waals surface area contributed by atoms with E-state index < -0.39 is 11.6 Å². The summed E-state index contributed by atoms with van der Waals surface area (Å²) in [5.74, 6) is -0.823. The molecule has 0 radical (unpaired) electrons. The second-order valence-electron chi connectivity index (χ2n) is 6.64. The first-order chi connectivity index (χ1) is 11.6. The molecule has 2 aliphatic heterocycles. The number of likely N-dealkylation sites (tertiary alicyclic amines) is 1. The highest BCUT2D eigenvalue weighted by molar-refractivity contribution is 5.92. The second kappa shape index (κ2) is 5.77. The summed E-state index contributed by atoms with van der Waals surface area (Å²) in [6.45, 7) is 0.854. The molecule has 8 heteroatoms. The molecular formula is C16H19FN4O3. The van der Waals surface area contributed by atoms with Gasteiger partial charge in [-0.25, -0.2) is 9.37 Å². The van der Waals surface area contributed by atoms with E-state index in [1.165, 1.54) is 18.6 Å². The van der Waals surface area contributed by atoms with Crippen LogP contribution in [0, 0.1) is 0 Å². The molecule has 1 N–H and O–H groups in total. The Balaban J connectivity index is 1.51. The van der Waals surface area contributed by atoms with Crippen molar-refractivity contribution in [3.05, 3.63) is 24.3 Å². The van der Waals surface area contributed by atoms with Gasteiger partial charge in [0.2, 0.25) is 0 Å². The second-order valence-corrected chi connectivity index (χ2v) is 6.64. The summed E-state index contributed by atoms with van der Waals surface area (Å²) in [4.78, 5) is 34.2. The Hall–Kier alpha value is -2.09. The Morgan fingerprint density at radius 1 is 1.38 bits per heavy atom. The molecule has 1 aromatic heterocycles. The molecule has 1 aromatic rings. The van der Waals surface area contributed by atoms with Crippen LogP contribution in [-0.4, -0.2) is 63.7 Å². The zero-order chi connectivity index (χ0) is 16.7. The number of nitrogens with zero attached hydrogens (tertiary/aromatic N) is 3. The number of halogens is 1. The summed E-state index contributed by atoms with van der Waals surface area (Å²) in [7, 11) is 0. The Morgan fingerprint density at radius 2 is 2.21 bits per heavy atom. The van der Waals surface area contributed by atoms with E-state index in [9.17, 15) is 14.0 Å². The monoisotopic (exact) mass is 334 g/mol. The van der Waals surface area contributed by atoms with Gasteiger partial charge in [-0.3, -0.25) is 14.6 Å². The molecule has 0 unspecified atom stereocenters. The molecule has 4 rings (SSSR count). The third-order valence-electron chi connectivity index (χ3n) is 4.97. The lowest BCUT2D eigenvalue weighted by molar-refractivity contribution is -0.141. The molecule has 7 nitrogen and oxygen atoms in total. The smallest absolute Gasteiger partial charge is 0.271 e. The van der Waals surface area contributed by atoms with Gasteiger partial charge in [0.05, 0.1) is 24.4 Å². The van der Waals surface area contributed by atoms with Crippen LogP contribution in [0.4, 0.5) is 4.39 Å². The molecule has 0 bridgehead atoms. The number of hydrogen-bond donors (Lipinski definition) is 1. The van der Waals surface area contributed by atoms with Crippen LogP contribution >= 0.6 is 0 Å². The van der Waals surface area contributed by atoms with Crippen molar-refractivity contribution in [2.45, 2.75) is 49.5 Å². The fourth-order valence-electron chi connectivity index (χ4n) is 3.56. The molecule has 0 spiro atoms. The maximum atomic E-state index is 14.2. The van der Waals surface area contributed by atoms with Gasteiger partial charge >= 0.3 is 0 Å². The predicted molar refractivity (Wildman–Crippen MR) is 80.8 cm³/mol. The largest absolute Gasteiger partial charge is 0.374 e. The Kier molecular flexibility index (Phi) is 3.71. The summed E-state index contributed by atoms with van der Waals surface area (Å²) in [5.41, 5.74) is -1.50. The first-order valence-electron chi connectivity index (χ1n) is 8.27. The van der Waals surface area contributed by atoms with Gasteiger partial charge < -0.3 is 15.0 Å². The van der Waals surface area contributed by atoms with E-state index in [2.05, 4.69) is 15.3 Å². The number of rotatable bonds is 3. The van der Waals surface area contributed by atoms with Crippen LogP contribution in [0.25, 0.3) is 0 Å². The summed E-state index contributed by atoms with van der Waals surface area (Å²) in [6.07, 6.45) is 6.19. The van der Waals surface area contributed by atoms with Crippen molar-refractivity contribution in [1.29, 1.82) is 0 Å². The average molecular weight is 334 g/mol. The van der Waals surface area contributed by atoms with Gasteiger partial charge in [0.1, 0.15) is 5.69 Å². The minimum absolute atomic E-state index is 0.174. The maximum absolute atomic E-state index is 14.2. The van der Waals surface area contributed by atoms with Crippen LogP contribution in [0.3, 0.4) is 0 Å². The van der Waals surface area contributed by atoms with Crippen molar-refractivity contribution in [3.63, 3.8) is 0 Å². The lowest BCUT2D eigenvalue weighted by Gasteiger charge is -2.32. The highest BCUT2D eigenvalue weighted by atomic mass is 19.1. The van der Waals surface area contributed by atoms with E-state index in [0.717, 1.165) is 12.8 Å². The summed E-state index contributed by atoms with van der Waals surface area (Å²) in [5, 5.41) is 2.87. The molecule has 3 atom stereocenters. The lowest BCUT2D eigenvalue weighted by atomic mass is 10.0. The summed E-state index contributed by atoms with van der Waals surface area (Å²) in [6, 6.07) is -0.539. The SMILES string of the molecule is O=C(N[C@H]1CN(C(=O)C2(F)CC2)[C@H]2CCCO[C@@H]12)c1cnccn1. The number of hydrogen-bond acceptors (Lipinski definition) is 5. The maximum Gasteiger partial charge on any atom is 0.271 e. The predicted octanol–water partition coefficient (Wildman–Crippen LogP) is 0.467. The van der Waals surface area contributed by atoms with Crippen LogP contribution in [0.5, 0.6) is 0 Å². The van der Waals surface area contributed by atoms with Gasteiger partial charge in [0.25, 0.3) is 11.8 Å². The molecule has 1 saturated carbocycles. The van der Waals surface area contributed by atoms with E-state index in [1.54, 1.807) is 4.90 Å². The zero-order valence-electron chi connectivity index (χ0n) is 13.2. The van der Waals surface area contributed by atoms with Crippen LogP contribution in [0.15, 0.2) is 18.6 Å². The molecule has 0 aromatic carbocycles. The van der Waals surface area contributed by atoms with Gasteiger partial charge in [-0.1, -0.05) is 0 Å². The zero-order valence-corrected chi connectivity index (χ0v) is 13.2. The third kappa shape index (κ3) is 2.64. The molecule has 1 aliphatic carbocycles. The average Bonchev–Trinajstić information content (AvgIpc) is 3.27. The fraction of sp³-hybridized carbons (Fsp3) is 0.625. The normalized spacial score (nSPS) is 30.5. The number of alkyl halides is 1. The highest BCUT2D eigenvalue weighted by Crippen LogP contribution is 2.43. The number of amides is 2. The van der Waals surface area contributed by atoms with Crippen molar-refractivity contribution < 1.29 is 18.7 Å². The van der Waals surface area contributed by atoms with E-state index in [-0.39, 0.29) is 49.2 Å².